The predicted octanol–water partition coefficient (Wildman–Crippen LogP) is 6.33. The van der Waals surface area contributed by atoms with Crippen molar-refractivity contribution in [1.82, 2.24) is 4.90 Å². The van der Waals surface area contributed by atoms with E-state index in [4.69, 9.17) is 0 Å². The lowest BCUT2D eigenvalue weighted by Crippen LogP contribution is -2.47. The maximum Gasteiger partial charge on any atom is 0.416 e. The Kier molecular flexibility index (Phi) is 8.07. The monoisotopic (exact) mass is 547 g/mol. The summed E-state index contributed by atoms with van der Waals surface area (Å²) in [6, 6.07) is 21.0. The number of fused-ring (bicyclic) bond motifs is 1. The number of likely N-dealkylation sites (tertiary alicyclic amines) is 1. The Balaban J connectivity index is 1.42. The molecule has 208 valence electrons. The van der Waals surface area contributed by atoms with Gasteiger partial charge in [-0.15, -0.1) is 0 Å². The number of hydrogen-bond acceptors (Lipinski definition) is 3. The lowest BCUT2D eigenvalue weighted by Gasteiger charge is -2.38. The smallest absolute Gasteiger partial charge is 0.312 e. The summed E-state index contributed by atoms with van der Waals surface area (Å²) >= 11 is 0. The Bertz CT molecular complexity index is 1400. The Labute approximate surface area is 232 Å². The molecule has 1 fully saturated rings. The minimum atomic E-state index is -4.52. The lowest BCUT2D eigenvalue weighted by molar-refractivity contribution is -0.137. The second-order valence-corrected chi connectivity index (χ2v) is 10.4. The van der Waals surface area contributed by atoms with E-state index in [1.165, 1.54) is 42.8 Å². The van der Waals surface area contributed by atoms with Crippen molar-refractivity contribution in [3.63, 3.8) is 0 Å². The molecule has 1 saturated heterocycles. The van der Waals surface area contributed by atoms with E-state index in [0.29, 0.717) is 12.2 Å². The molecule has 0 radical (unpaired) electrons. The summed E-state index contributed by atoms with van der Waals surface area (Å²) in [5, 5.41) is 0. The molecule has 0 N–H and O–H groups in total. The highest BCUT2D eigenvalue weighted by Crippen LogP contribution is 2.35. The first-order valence-electron chi connectivity index (χ1n) is 13.6. The van der Waals surface area contributed by atoms with Gasteiger partial charge in [0.15, 0.2) is 0 Å². The molecular weight excluding hydrogens is 515 g/mol. The zero-order valence-electron chi connectivity index (χ0n) is 22.4. The van der Waals surface area contributed by atoms with Gasteiger partial charge in [-0.2, -0.15) is 13.2 Å². The van der Waals surface area contributed by atoms with Crippen molar-refractivity contribution in [2.24, 2.45) is 0 Å². The van der Waals surface area contributed by atoms with Crippen LogP contribution in [-0.4, -0.2) is 42.4 Å². The number of carbonyl (C=O) groups is 2. The Morgan fingerprint density at radius 1 is 0.950 bits per heavy atom. The molecule has 2 amide bonds. The molecule has 0 aromatic heterocycles. The molecule has 0 aliphatic carbocycles. The molecule has 2 aliphatic rings. The summed E-state index contributed by atoms with van der Waals surface area (Å²) in [7, 11) is 0. The number of anilines is 2. The van der Waals surface area contributed by atoms with E-state index < -0.39 is 11.7 Å². The topological polar surface area (TPSA) is 43.9 Å². The third-order valence-corrected chi connectivity index (χ3v) is 7.70. The average molecular weight is 548 g/mol. The molecule has 0 atom stereocenters. The highest BCUT2D eigenvalue weighted by molar-refractivity contribution is 6.05. The van der Waals surface area contributed by atoms with Gasteiger partial charge in [-0.3, -0.25) is 14.5 Å². The third kappa shape index (κ3) is 6.12. The van der Waals surface area contributed by atoms with Gasteiger partial charge in [-0.05, 0) is 60.2 Å². The molecular formula is C32H32F3N3O2. The van der Waals surface area contributed by atoms with Crippen molar-refractivity contribution in [2.45, 2.75) is 44.9 Å². The van der Waals surface area contributed by atoms with Crippen LogP contribution in [0.1, 0.15) is 42.0 Å². The van der Waals surface area contributed by atoms with Crippen LogP contribution in [-0.2, 0) is 28.7 Å². The number of carbonyl (C=O) groups excluding carboxylic acids is 2. The van der Waals surface area contributed by atoms with Gasteiger partial charge in [0.05, 0.1) is 5.56 Å². The molecule has 2 heterocycles. The number of piperidine rings is 1. The van der Waals surface area contributed by atoms with Crippen molar-refractivity contribution in [3.8, 4) is 0 Å². The first-order valence-corrected chi connectivity index (χ1v) is 13.6. The fourth-order valence-corrected chi connectivity index (χ4v) is 5.68. The van der Waals surface area contributed by atoms with Gasteiger partial charge < -0.3 is 9.80 Å². The Hall–Kier alpha value is -3.91. The standard InChI is InChI=1S/C32H32F3N3O2/c1-23(39)37-20-15-26-11-13-28(21-30(26)37)38(27-16-18-36(19-17-27)22-24-7-3-2-4-8-24)31(40)14-12-25-9-5-6-10-29(25)32(33,34)35/h2-14,21,27H,15-20,22H2,1H3. The number of benzene rings is 3. The van der Waals surface area contributed by atoms with E-state index in [1.54, 1.807) is 9.80 Å². The normalized spacial score (nSPS) is 16.4. The molecule has 0 unspecified atom stereocenters. The summed E-state index contributed by atoms with van der Waals surface area (Å²) in [5.41, 5.74) is 2.86. The van der Waals surface area contributed by atoms with Gasteiger partial charge in [-0.25, -0.2) is 0 Å². The molecule has 3 aromatic carbocycles. The van der Waals surface area contributed by atoms with Crippen LogP contribution in [0.5, 0.6) is 0 Å². The van der Waals surface area contributed by atoms with E-state index in [1.807, 2.05) is 36.4 Å². The summed E-state index contributed by atoms with van der Waals surface area (Å²) in [6.07, 6.45) is 0.146. The van der Waals surface area contributed by atoms with Crippen LogP contribution in [0.15, 0.2) is 78.9 Å². The van der Waals surface area contributed by atoms with Crippen molar-refractivity contribution >= 4 is 29.3 Å². The van der Waals surface area contributed by atoms with E-state index >= 15 is 0 Å². The lowest BCUT2D eigenvalue weighted by atomic mass is 10.00. The quantitative estimate of drug-likeness (QED) is 0.339. The van der Waals surface area contributed by atoms with Gasteiger partial charge in [0.1, 0.15) is 0 Å². The third-order valence-electron chi connectivity index (χ3n) is 7.70. The average Bonchev–Trinajstić information content (AvgIpc) is 3.37. The molecule has 8 heteroatoms. The van der Waals surface area contributed by atoms with E-state index in [0.717, 1.165) is 56.2 Å². The predicted molar refractivity (Wildman–Crippen MR) is 151 cm³/mol. The number of alkyl halides is 3. The highest BCUT2D eigenvalue weighted by atomic mass is 19.4. The van der Waals surface area contributed by atoms with Crippen molar-refractivity contribution in [2.75, 3.05) is 29.4 Å². The molecule has 2 aliphatic heterocycles. The summed E-state index contributed by atoms with van der Waals surface area (Å²) < 4.78 is 40.6. The van der Waals surface area contributed by atoms with Crippen LogP contribution < -0.4 is 9.80 Å². The maximum absolute atomic E-state index is 13.7. The Morgan fingerprint density at radius 2 is 1.65 bits per heavy atom. The first-order chi connectivity index (χ1) is 19.2. The molecule has 0 bridgehead atoms. The fraction of sp³-hybridized carbons (Fsp3) is 0.312. The number of hydrogen-bond donors (Lipinski definition) is 0. The van der Waals surface area contributed by atoms with E-state index in [-0.39, 0.29) is 23.4 Å². The summed E-state index contributed by atoms with van der Waals surface area (Å²) in [5.74, 6) is -0.447. The van der Waals surface area contributed by atoms with Gasteiger partial charge in [0.2, 0.25) is 5.91 Å². The maximum atomic E-state index is 13.7. The van der Waals surface area contributed by atoms with Crippen LogP contribution in [0.2, 0.25) is 0 Å². The number of amides is 2. The molecule has 40 heavy (non-hydrogen) atoms. The molecule has 0 spiro atoms. The second kappa shape index (κ2) is 11.7. The van der Waals surface area contributed by atoms with Gasteiger partial charge in [0.25, 0.3) is 5.91 Å². The molecule has 0 saturated carbocycles. The van der Waals surface area contributed by atoms with Crippen LogP contribution in [0.3, 0.4) is 0 Å². The van der Waals surface area contributed by atoms with Crippen molar-refractivity contribution in [3.05, 3.63) is 101 Å². The van der Waals surface area contributed by atoms with Crippen LogP contribution >= 0.6 is 0 Å². The Morgan fingerprint density at radius 3 is 2.35 bits per heavy atom. The van der Waals surface area contributed by atoms with Crippen LogP contribution in [0.25, 0.3) is 6.08 Å². The van der Waals surface area contributed by atoms with Gasteiger partial charge in [-0.1, -0.05) is 54.6 Å². The molecule has 5 rings (SSSR count). The molecule has 5 nitrogen and oxygen atoms in total. The van der Waals surface area contributed by atoms with Gasteiger partial charge >= 0.3 is 6.18 Å². The SMILES string of the molecule is CC(=O)N1CCc2ccc(N(C(=O)C=Cc3ccccc3C(F)(F)F)C3CCN(Cc4ccccc4)CC3)cc21. The summed E-state index contributed by atoms with van der Waals surface area (Å²) in [4.78, 5) is 31.7. The zero-order valence-corrected chi connectivity index (χ0v) is 22.4. The summed E-state index contributed by atoms with van der Waals surface area (Å²) in [6.45, 7) is 4.51. The van der Waals surface area contributed by atoms with E-state index in [9.17, 15) is 22.8 Å². The molecule has 3 aromatic rings. The minimum Gasteiger partial charge on any atom is -0.312 e. The van der Waals surface area contributed by atoms with Gasteiger partial charge in [0, 0.05) is 56.6 Å². The first kappa shape index (κ1) is 27.6. The number of halogens is 3. The number of nitrogens with zero attached hydrogens (tertiary/aromatic N) is 3. The minimum absolute atomic E-state index is 0.0577. The van der Waals surface area contributed by atoms with Crippen LogP contribution in [0.4, 0.5) is 24.5 Å². The number of rotatable bonds is 6. The van der Waals surface area contributed by atoms with E-state index in [2.05, 4.69) is 17.0 Å². The zero-order chi connectivity index (χ0) is 28.3. The van der Waals surface area contributed by atoms with Crippen molar-refractivity contribution in [1.29, 1.82) is 0 Å². The van der Waals surface area contributed by atoms with Crippen LogP contribution in [0, 0.1) is 0 Å². The second-order valence-electron chi connectivity index (χ2n) is 10.4. The fourth-order valence-electron chi connectivity index (χ4n) is 5.68. The van der Waals surface area contributed by atoms with Crippen molar-refractivity contribution < 1.29 is 22.8 Å². The largest absolute Gasteiger partial charge is 0.416 e. The highest BCUT2D eigenvalue weighted by Gasteiger charge is 2.33.